The smallest absolute Gasteiger partial charge is 0.309 e. The molecule has 2 atom stereocenters. The summed E-state index contributed by atoms with van der Waals surface area (Å²) >= 11 is 0. The van der Waals surface area contributed by atoms with Gasteiger partial charge >= 0.3 is 11.9 Å². The van der Waals surface area contributed by atoms with E-state index in [9.17, 15) is 9.59 Å². The predicted molar refractivity (Wildman–Crippen MR) is 136 cm³/mol. The number of methoxy groups -OCH3 is 2. The molecule has 0 unspecified atom stereocenters. The van der Waals surface area contributed by atoms with Crippen molar-refractivity contribution in [3.05, 3.63) is 100 Å². The molecular weight excluding hydrogens is 440 g/mol. The van der Waals surface area contributed by atoms with Crippen LogP contribution in [0.15, 0.2) is 66.7 Å². The van der Waals surface area contributed by atoms with Crippen LogP contribution in [0.3, 0.4) is 0 Å². The third-order valence-electron chi connectivity index (χ3n) is 6.45. The molecule has 5 heteroatoms. The Morgan fingerprint density at radius 3 is 1.71 bits per heavy atom. The summed E-state index contributed by atoms with van der Waals surface area (Å²) in [5.41, 5.74) is 6.29. The van der Waals surface area contributed by atoms with Crippen LogP contribution in [-0.2, 0) is 38.5 Å². The van der Waals surface area contributed by atoms with Crippen LogP contribution < -0.4 is 4.74 Å². The van der Waals surface area contributed by atoms with E-state index in [1.165, 1.54) is 19.8 Å². The molecule has 35 heavy (non-hydrogen) atoms. The molecule has 0 saturated heterocycles. The molecule has 0 radical (unpaired) electrons. The molecule has 184 valence electrons. The zero-order valence-electron chi connectivity index (χ0n) is 21.2. The van der Waals surface area contributed by atoms with E-state index in [1.807, 2.05) is 81.4 Å². The highest BCUT2D eigenvalue weighted by molar-refractivity contribution is 5.82. The zero-order valence-corrected chi connectivity index (χ0v) is 21.2. The molecule has 0 aliphatic heterocycles. The van der Waals surface area contributed by atoms with Crippen molar-refractivity contribution >= 4 is 11.9 Å². The maximum atomic E-state index is 12.8. The Bertz CT molecular complexity index is 1150. The molecule has 0 amide bonds. The first kappa shape index (κ1) is 26.0. The summed E-state index contributed by atoms with van der Waals surface area (Å²) in [4.78, 5) is 25.7. The number of esters is 2. The van der Waals surface area contributed by atoms with Gasteiger partial charge in [0.15, 0.2) is 0 Å². The minimum absolute atomic E-state index is 0.358. The van der Waals surface area contributed by atoms with Gasteiger partial charge in [-0.1, -0.05) is 60.7 Å². The van der Waals surface area contributed by atoms with E-state index in [0.29, 0.717) is 19.4 Å². The van der Waals surface area contributed by atoms with Crippen LogP contribution in [0, 0.1) is 32.6 Å². The summed E-state index contributed by atoms with van der Waals surface area (Å²) in [5, 5.41) is 0. The lowest BCUT2D eigenvalue weighted by Crippen LogP contribution is -2.35. The molecule has 0 aliphatic carbocycles. The summed E-state index contributed by atoms with van der Waals surface area (Å²) in [5.74, 6) is -1.40. The van der Waals surface area contributed by atoms with Gasteiger partial charge in [0.05, 0.1) is 26.1 Å². The van der Waals surface area contributed by atoms with Crippen molar-refractivity contribution in [2.75, 3.05) is 14.2 Å². The van der Waals surface area contributed by atoms with Crippen molar-refractivity contribution in [1.29, 1.82) is 0 Å². The molecule has 0 aromatic heterocycles. The first-order chi connectivity index (χ1) is 16.8. The fourth-order valence-electron chi connectivity index (χ4n) is 4.26. The van der Waals surface area contributed by atoms with Crippen molar-refractivity contribution in [3.8, 4) is 5.75 Å². The molecule has 0 heterocycles. The second-order valence-corrected chi connectivity index (χ2v) is 8.96. The van der Waals surface area contributed by atoms with Gasteiger partial charge in [-0.2, -0.15) is 0 Å². The van der Waals surface area contributed by atoms with E-state index < -0.39 is 23.8 Å². The molecule has 3 aromatic rings. The van der Waals surface area contributed by atoms with E-state index in [2.05, 4.69) is 6.07 Å². The second-order valence-electron chi connectivity index (χ2n) is 8.96. The Morgan fingerprint density at radius 1 is 0.657 bits per heavy atom. The third kappa shape index (κ3) is 6.95. The van der Waals surface area contributed by atoms with Gasteiger partial charge in [0, 0.05) is 0 Å². The zero-order chi connectivity index (χ0) is 25.4. The standard InChI is InChI=1S/C30H34O5/c1-20-11-12-24(15-21(20)2)17-26(29(31)33-4)27(30(32)34-5)18-25-13-14-28(22(3)16-25)35-19-23-9-7-6-8-10-23/h6-16,26-27H,17-19H2,1-5H3/t26-,27-/m1/s1. The molecule has 0 spiro atoms. The highest BCUT2D eigenvalue weighted by Gasteiger charge is 2.35. The van der Waals surface area contributed by atoms with E-state index in [0.717, 1.165) is 33.6 Å². The average Bonchev–Trinajstić information content (AvgIpc) is 2.87. The summed E-state index contributed by atoms with van der Waals surface area (Å²) in [6.45, 7) is 6.54. The minimum atomic E-state index is -0.676. The number of benzene rings is 3. The van der Waals surface area contributed by atoms with Gasteiger partial charge in [-0.05, 0) is 73.1 Å². The molecule has 0 bridgehead atoms. The van der Waals surface area contributed by atoms with Crippen LogP contribution in [0.1, 0.15) is 33.4 Å². The predicted octanol–water partition coefficient (Wildman–Crippen LogP) is 5.55. The molecular formula is C30H34O5. The summed E-state index contributed by atoms with van der Waals surface area (Å²) in [6.07, 6.45) is 0.752. The molecule has 0 saturated carbocycles. The summed E-state index contributed by atoms with van der Waals surface area (Å²) in [7, 11) is 2.71. The first-order valence-electron chi connectivity index (χ1n) is 11.8. The van der Waals surface area contributed by atoms with Crippen LogP contribution in [0.5, 0.6) is 5.75 Å². The molecule has 3 aromatic carbocycles. The number of carbonyl (C=O) groups excluding carboxylic acids is 2. The number of hydrogen-bond acceptors (Lipinski definition) is 5. The fourth-order valence-corrected chi connectivity index (χ4v) is 4.26. The Hall–Kier alpha value is -3.60. The molecule has 0 fully saturated rings. The Labute approximate surface area is 208 Å². The number of ether oxygens (including phenoxy) is 3. The topological polar surface area (TPSA) is 61.8 Å². The Balaban J connectivity index is 1.81. The highest BCUT2D eigenvalue weighted by Crippen LogP contribution is 2.28. The van der Waals surface area contributed by atoms with Crippen molar-refractivity contribution < 1.29 is 23.8 Å². The van der Waals surface area contributed by atoms with E-state index in [-0.39, 0.29) is 0 Å². The van der Waals surface area contributed by atoms with Gasteiger partial charge in [-0.25, -0.2) is 0 Å². The monoisotopic (exact) mass is 474 g/mol. The van der Waals surface area contributed by atoms with Crippen LogP contribution in [-0.4, -0.2) is 26.2 Å². The van der Waals surface area contributed by atoms with Gasteiger partial charge in [0.2, 0.25) is 0 Å². The number of hydrogen-bond donors (Lipinski definition) is 0. The van der Waals surface area contributed by atoms with Crippen LogP contribution in [0.2, 0.25) is 0 Å². The number of carbonyl (C=O) groups is 2. The van der Waals surface area contributed by atoms with Crippen LogP contribution in [0.25, 0.3) is 0 Å². The summed E-state index contributed by atoms with van der Waals surface area (Å²) < 4.78 is 16.2. The maximum absolute atomic E-state index is 12.8. The second kappa shape index (κ2) is 12.2. The SMILES string of the molecule is COC(=O)[C@H](Cc1ccc(C)c(C)c1)[C@@H](Cc1ccc(OCc2ccccc2)c(C)c1)C(=O)OC. The van der Waals surface area contributed by atoms with Crippen molar-refractivity contribution in [2.24, 2.45) is 11.8 Å². The fraction of sp³-hybridized carbons (Fsp3) is 0.333. The normalized spacial score (nSPS) is 12.5. The van der Waals surface area contributed by atoms with Crippen molar-refractivity contribution in [2.45, 2.75) is 40.2 Å². The third-order valence-corrected chi connectivity index (χ3v) is 6.45. The van der Waals surface area contributed by atoms with Crippen LogP contribution >= 0.6 is 0 Å². The number of aryl methyl sites for hydroxylation is 3. The van der Waals surface area contributed by atoms with Crippen molar-refractivity contribution in [3.63, 3.8) is 0 Å². The van der Waals surface area contributed by atoms with Gasteiger partial charge < -0.3 is 14.2 Å². The van der Waals surface area contributed by atoms with Gasteiger partial charge in [0.25, 0.3) is 0 Å². The lowest BCUT2D eigenvalue weighted by atomic mass is 9.82. The highest BCUT2D eigenvalue weighted by atomic mass is 16.5. The summed E-state index contributed by atoms with van der Waals surface area (Å²) in [6, 6.07) is 21.9. The molecule has 0 aliphatic rings. The van der Waals surface area contributed by atoms with Gasteiger partial charge in [-0.3, -0.25) is 9.59 Å². The average molecular weight is 475 g/mol. The van der Waals surface area contributed by atoms with Crippen molar-refractivity contribution in [1.82, 2.24) is 0 Å². The van der Waals surface area contributed by atoms with E-state index in [4.69, 9.17) is 14.2 Å². The first-order valence-corrected chi connectivity index (χ1v) is 11.8. The van der Waals surface area contributed by atoms with E-state index >= 15 is 0 Å². The molecule has 0 N–H and O–H groups in total. The number of rotatable bonds is 10. The lowest BCUT2D eigenvalue weighted by molar-refractivity contribution is -0.157. The van der Waals surface area contributed by atoms with Crippen LogP contribution in [0.4, 0.5) is 0 Å². The largest absolute Gasteiger partial charge is 0.489 e. The maximum Gasteiger partial charge on any atom is 0.309 e. The Kier molecular flexibility index (Phi) is 9.07. The quantitative estimate of drug-likeness (QED) is 0.360. The molecule has 5 nitrogen and oxygen atoms in total. The van der Waals surface area contributed by atoms with Gasteiger partial charge in [-0.15, -0.1) is 0 Å². The minimum Gasteiger partial charge on any atom is -0.489 e. The molecule has 3 rings (SSSR count). The van der Waals surface area contributed by atoms with E-state index in [1.54, 1.807) is 0 Å². The lowest BCUT2D eigenvalue weighted by Gasteiger charge is -2.24. The Morgan fingerprint density at radius 2 is 1.20 bits per heavy atom. The van der Waals surface area contributed by atoms with Gasteiger partial charge in [0.1, 0.15) is 12.4 Å².